The highest BCUT2D eigenvalue weighted by molar-refractivity contribution is 7.26. The van der Waals surface area contributed by atoms with Crippen LogP contribution in [-0.4, -0.2) is 0 Å². The first-order valence-electron chi connectivity index (χ1n) is 21.0. The summed E-state index contributed by atoms with van der Waals surface area (Å²) >= 11 is 1.70. The molecule has 2 aromatic heterocycles. The average Bonchev–Trinajstić information content (AvgIpc) is 3.86. The van der Waals surface area contributed by atoms with Crippen LogP contribution in [0.25, 0.3) is 75.5 Å². The van der Waals surface area contributed by atoms with Crippen molar-refractivity contribution in [3.63, 3.8) is 0 Å². The fraction of sp³-hybridized carbons (Fsp3) is 0. The summed E-state index contributed by atoms with van der Waals surface area (Å²) in [5.41, 5.74) is 4.97. The van der Waals surface area contributed by atoms with Gasteiger partial charge in [0.05, 0.1) is 18.0 Å². The van der Waals surface area contributed by atoms with Crippen molar-refractivity contribution in [1.82, 2.24) is 0 Å². The van der Waals surface area contributed by atoms with Crippen LogP contribution in [0.3, 0.4) is 0 Å². The first kappa shape index (κ1) is 21.6. The van der Waals surface area contributed by atoms with E-state index in [1.807, 2.05) is 97.1 Å². The Labute approximate surface area is 312 Å². The van der Waals surface area contributed by atoms with Crippen LogP contribution in [0, 0.1) is 0 Å². The molecule has 10 rings (SSSR count). The topological polar surface area (TPSA) is 16.4 Å². The average molecular weight is 679 g/mol. The lowest BCUT2D eigenvalue weighted by atomic mass is 9.92. The molecule has 0 atom stereocenters. The van der Waals surface area contributed by atoms with Gasteiger partial charge in [0.1, 0.15) is 5.58 Å². The Kier molecular flexibility index (Phi) is 5.16. The number of hydrogen-bond acceptors (Lipinski definition) is 3. The Bertz CT molecular complexity index is 3340. The molecular formula is C48H31NOS. The molecule has 0 aliphatic rings. The summed E-state index contributed by atoms with van der Waals surface area (Å²) in [5, 5.41) is 3.92. The molecule has 240 valence electrons. The minimum Gasteiger partial charge on any atom is -0.454 e. The molecule has 0 saturated carbocycles. The summed E-state index contributed by atoms with van der Waals surface area (Å²) < 4.78 is 88.8. The molecule has 0 aliphatic carbocycles. The lowest BCUT2D eigenvalue weighted by Gasteiger charge is -2.27. The predicted molar refractivity (Wildman–Crippen MR) is 218 cm³/mol. The van der Waals surface area contributed by atoms with Gasteiger partial charge in [-0.2, -0.15) is 0 Å². The standard InChI is InChI=1S/C48H31NOS/c1-3-13-32(14-4-1)33-25-27-35(28-26-33)49(44-22-12-19-40-38-17-7-9-23-45(38)50-47(40)44)36-29-30-37(34-15-5-2-6-16-34)43(31-36)42-21-11-20-41-39-18-8-10-24-46(39)51-48(41)42/h1-31H/i1D,3D,4D,13D,14D,25D,26D,27D,28D. The van der Waals surface area contributed by atoms with Crippen molar-refractivity contribution in [3.8, 4) is 33.4 Å². The zero-order chi connectivity index (χ0) is 41.6. The van der Waals surface area contributed by atoms with Crippen LogP contribution in [0.4, 0.5) is 17.1 Å². The smallest absolute Gasteiger partial charge is 0.159 e. The van der Waals surface area contributed by atoms with Crippen LogP contribution >= 0.6 is 11.3 Å². The third-order valence-corrected chi connectivity index (χ3v) is 10.5. The van der Waals surface area contributed by atoms with E-state index in [2.05, 4.69) is 36.4 Å². The lowest BCUT2D eigenvalue weighted by molar-refractivity contribution is 0.669. The summed E-state index contributed by atoms with van der Waals surface area (Å²) in [4.78, 5) is 1.68. The summed E-state index contributed by atoms with van der Waals surface area (Å²) in [6.07, 6.45) is 0. The van der Waals surface area contributed by atoms with Gasteiger partial charge < -0.3 is 9.32 Å². The molecule has 0 saturated heterocycles. The Morgan fingerprint density at radius 1 is 0.471 bits per heavy atom. The molecule has 0 fully saturated rings. The van der Waals surface area contributed by atoms with E-state index in [-0.39, 0.29) is 11.3 Å². The van der Waals surface area contributed by atoms with Gasteiger partial charge in [-0.15, -0.1) is 11.3 Å². The number of thiophene rings is 1. The second-order valence-corrected chi connectivity index (χ2v) is 13.2. The number of para-hydroxylation sites is 2. The SMILES string of the molecule is [2H]c1c([2H])c([2H])c(-c2c([2H])c([2H])c(N(c3ccc(-c4ccccc4)c(-c4cccc5c4sc4ccccc45)c3)c3cccc4c3oc3ccccc34)c([2H])c2[2H])c([2H])c1[2H]. The highest BCUT2D eigenvalue weighted by Gasteiger charge is 2.22. The third kappa shape index (κ3) is 5.01. The summed E-state index contributed by atoms with van der Waals surface area (Å²) in [7, 11) is 0. The van der Waals surface area contributed by atoms with Gasteiger partial charge in [0.15, 0.2) is 5.58 Å². The number of fused-ring (bicyclic) bond motifs is 6. The summed E-state index contributed by atoms with van der Waals surface area (Å²) in [5.74, 6) is 0. The predicted octanol–water partition coefficient (Wildman–Crippen LogP) is 14.4. The van der Waals surface area contributed by atoms with E-state index in [0.717, 1.165) is 53.2 Å². The molecule has 8 aromatic carbocycles. The highest BCUT2D eigenvalue weighted by Crippen LogP contribution is 2.47. The Morgan fingerprint density at radius 2 is 1.18 bits per heavy atom. The van der Waals surface area contributed by atoms with Crippen molar-refractivity contribution in [2.24, 2.45) is 0 Å². The van der Waals surface area contributed by atoms with Gasteiger partial charge >= 0.3 is 0 Å². The Balaban J connectivity index is 1.30. The molecule has 0 N–H and O–H groups in total. The molecule has 3 heteroatoms. The molecule has 10 aromatic rings. The van der Waals surface area contributed by atoms with Crippen LogP contribution in [0.5, 0.6) is 0 Å². The maximum Gasteiger partial charge on any atom is 0.159 e. The number of benzene rings is 8. The molecule has 2 heterocycles. The van der Waals surface area contributed by atoms with Gasteiger partial charge in [-0.1, -0.05) is 145 Å². The van der Waals surface area contributed by atoms with Gasteiger partial charge in [0, 0.05) is 47.9 Å². The van der Waals surface area contributed by atoms with E-state index < -0.39 is 59.9 Å². The van der Waals surface area contributed by atoms with Gasteiger partial charge in [0.25, 0.3) is 0 Å². The molecule has 0 bridgehead atoms. The van der Waals surface area contributed by atoms with E-state index in [1.165, 1.54) is 0 Å². The van der Waals surface area contributed by atoms with Crippen LogP contribution < -0.4 is 4.90 Å². The molecule has 51 heavy (non-hydrogen) atoms. The monoisotopic (exact) mass is 678 g/mol. The molecule has 0 radical (unpaired) electrons. The van der Waals surface area contributed by atoms with Crippen molar-refractivity contribution in [1.29, 1.82) is 0 Å². The van der Waals surface area contributed by atoms with Gasteiger partial charge in [-0.05, 0) is 70.2 Å². The number of nitrogens with zero attached hydrogens (tertiary/aromatic N) is 1. The third-order valence-electron chi connectivity index (χ3n) is 9.25. The fourth-order valence-corrected chi connectivity index (χ4v) is 8.17. The molecule has 2 nitrogen and oxygen atoms in total. The first-order valence-corrected chi connectivity index (χ1v) is 17.3. The molecule has 0 unspecified atom stereocenters. The number of hydrogen-bond donors (Lipinski definition) is 0. The Hall–Kier alpha value is -6.42. The number of rotatable bonds is 6. The first-order chi connectivity index (χ1) is 29.0. The highest BCUT2D eigenvalue weighted by atomic mass is 32.1. The zero-order valence-corrected chi connectivity index (χ0v) is 27.8. The van der Waals surface area contributed by atoms with Crippen molar-refractivity contribution in [3.05, 3.63) is 188 Å². The molecule has 0 spiro atoms. The minimum atomic E-state index is -0.634. The van der Waals surface area contributed by atoms with Crippen molar-refractivity contribution < 1.29 is 16.8 Å². The summed E-state index contributed by atoms with van der Waals surface area (Å²) in [6, 6.07) is 38.6. The van der Waals surface area contributed by atoms with Crippen molar-refractivity contribution in [2.45, 2.75) is 0 Å². The number of furan rings is 1. The van der Waals surface area contributed by atoms with Crippen molar-refractivity contribution in [2.75, 3.05) is 4.90 Å². The molecule has 0 amide bonds. The largest absolute Gasteiger partial charge is 0.454 e. The minimum absolute atomic E-state index is 0.104. The van der Waals surface area contributed by atoms with Gasteiger partial charge in [-0.25, -0.2) is 0 Å². The van der Waals surface area contributed by atoms with E-state index in [4.69, 9.17) is 11.3 Å². The van der Waals surface area contributed by atoms with E-state index in [1.54, 1.807) is 16.2 Å². The second-order valence-electron chi connectivity index (χ2n) is 12.2. The van der Waals surface area contributed by atoms with Gasteiger partial charge in [-0.3, -0.25) is 0 Å². The fourth-order valence-electron chi connectivity index (χ4n) is 6.94. The second kappa shape index (κ2) is 12.2. The van der Waals surface area contributed by atoms with E-state index in [0.29, 0.717) is 22.5 Å². The Morgan fingerprint density at radius 3 is 2.04 bits per heavy atom. The molecular weight excluding hydrogens is 639 g/mol. The van der Waals surface area contributed by atoms with Crippen LogP contribution in [0.15, 0.2) is 192 Å². The maximum absolute atomic E-state index is 9.61. The van der Waals surface area contributed by atoms with Crippen LogP contribution in [0.1, 0.15) is 12.3 Å². The lowest BCUT2D eigenvalue weighted by Crippen LogP contribution is -2.10. The van der Waals surface area contributed by atoms with E-state index >= 15 is 0 Å². The zero-order valence-electron chi connectivity index (χ0n) is 36.0. The normalized spacial score (nSPS) is 14.0. The van der Waals surface area contributed by atoms with E-state index in [9.17, 15) is 5.48 Å². The summed E-state index contributed by atoms with van der Waals surface area (Å²) in [6.45, 7) is 0. The van der Waals surface area contributed by atoms with Gasteiger partial charge in [0.2, 0.25) is 0 Å². The quantitative estimate of drug-likeness (QED) is 0.174. The number of anilines is 3. The maximum atomic E-state index is 9.61. The van der Waals surface area contributed by atoms with Crippen LogP contribution in [-0.2, 0) is 0 Å². The van der Waals surface area contributed by atoms with Crippen LogP contribution in [0.2, 0.25) is 0 Å². The van der Waals surface area contributed by atoms with Crippen molar-refractivity contribution >= 4 is 70.5 Å². The molecule has 0 aliphatic heterocycles.